The highest BCUT2D eigenvalue weighted by Crippen LogP contribution is 2.29. The van der Waals surface area contributed by atoms with Gasteiger partial charge in [-0.25, -0.2) is 5.43 Å². The Morgan fingerprint density at radius 1 is 1.24 bits per heavy atom. The van der Waals surface area contributed by atoms with Gasteiger partial charge < -0.3 is 14.8 Å². The molecule has 0 saturated carbocycles. The summed E-state index contributed by atoms with van der Waals surface area (Å²) in [6.45, 7) is 2.34. The number of benzene rings is 1. The number of amides is 2. The van der Waals surface area contributed by atoms with E-state index in [-0.39, 0.29) is 0 Å². The Balaban J connectivity index is 2.69. The summed E-state index contributed by atoms with van der Waals surface area (Å²) in [7, 11) is 3.03. The fourth-order valence-corrected chi connectivity index (χ4v) is 1.54. The van der Waals surface area contributed by atoms with Crippen LogP contribution in [0.3, 0.4) is 0 Å². The Kier molecular flexibility index (Phi) is 6.73. The van der Waals surface area contributed by atoms with Crippen molar-refractivity contribution in [3.05, 3.63) is 23.8 Å². The summed E-state index contributed by atoms with van der Waals surface area (Å²) in [6, 6.07) is 5.25. The molecule has 21 heavy (non-hydrogen) atoms. The van der Waals surface area contributed by atoms with Crippen LogP contribution in [-0.2, 0) is 9.59 Å². The molecule has 0 aliphatic heterocycles. The van der Waals surface area contributed by atoms with E-state index in [1.807, 2.05) is 6.92 Å². The lowest BCUT2D eigenvalue weighted by Crippen LogP contribution is -2.38. The molecule has 1 rings (SSSR count). The summed E-state index contributed by atoms with van der Waals surface area (Å²) in [5.41, 5.74) is 2.77. The quantitative estimate of drug-likeness (QED) is 0.458. The van der Waals surface area contributed by atoms with Crippen molar-refractivity contribution in [3.63, 3.8) is 0 Å². The van der Waals surface area contributed by atoms with Crippen LogP contribution in [0, 0.1) is 0 Å². The zero-order chi connectivity index (χ0) is 15.7. The SMILES string of the molecule is CCCNC(=O)C(=O)NN=Cc1cccc(OC)c1OC. The number of hydrazone groups is 1. The van der Waals surface area contributed by atoms with Gasteiger partial charge >= 0.3 is 11.8 Å². The Morgan fingerprint density at radius 2 is 2.00 bits per heavy atom. The Hall–Kier alpha value is -2.57. The van der Waals surface area contributed by atoms with E-state index in [2.05, 4.69) is 15.8 Å². The molecule has 0 saturated heterocycles. The Bertz CT molecular complexity index is 529. The first-order valence-electron chi connectivity index (χ1n) is 6.46. The van der Waals surface area contributed by atoms with Crippen LogP contribution < -0.4 is 20.2 Å². The lowest BCUT2D eigenvalue weighted by molar-refractivity contribution is -0.139. The van der Waals surface area contributed by atoms with Gasteiger partial charge in [0.15, 0.2) is 11.5 Å². The first kappa shape index (κ1) is 16.5. The number of rotatable bonds is 6. The fraction of sp³-hybridized carbons (Fsp3) is 0.357. The summed E-state index contributed by atoms with van der Waals surface area (Å²) < 4.78 is 10.4. The van der Waals surface area contributed by atoms with Crippen molar-refractivity contribution >= 4 is 18.0 Å². The van der Waals surface area contributed by atoms with Crippen LogP contribution in [0.15, 0.2) is 23.3 Å². The van der Waals surface area contributed by atoms with Gasteiger partial charge in [0.1, 0.15) is 0 Å². The monoisotopic (exact) mass is 293 g/mol. The van der Waals surface area contributed by atoms with Gasteiger partial charge in [-0.05, 0) is 18.6 Å². The summed E-state index contributed by atoms with van der Waals surface area (Å²) in [4.78, 5) is 22.7. The number of ether oxygens (including phenoxy) is 2. The van der Waals surface area contributed by atoms with Crippen LogP contribution in [-0.4, -0.2) is 38.8 Å². The first-order chi connectivity index (χ1) is 10.1. The predicted molar refractivity (Wildman–Crippen MR) is 78.6 cm³/mol. The highest BCUT2D eigenvalue weighted by Gasteiger charge is 2.11. The number of para-hydroxylation sites is 1. The lowest BCUT2D eigenvalue weighted by atomic mass is 10.2. The number of carbonyl (C=O) groups excluding carboxylic acids is 2. The molecule has 7 heteroatoms. The molecule has 0 heterocycles. The van der Waals surface area contributed by atoms with Crippen molar-refractivity contribution in [2.75, 3.05) is 20.8 Å². The van der Waals surface area contributed by atoms with Gasteiger partial charge in [0.25, 0.3) is 0 Å². The number of nitrogens with one attached hydrogen (secondary N) is 2. The maximum atomic E-state index is 11.4. The topological polar surface area (TPSA) is 89.0 Å². The van der Waals surface area contributed by atoms with Crippen LogP contribution in [0.1, 0.15) is 18.9 Å². The molecule has 0 spiro atoms. The van der Waals surface area contributed by atoms with E-state index in [4.69, 9.17) is 9.47 Å². The van der Waals surface area contributed by atoms with Gasteiger partial charge in [0, 0.05) is 12.1 Å². The van der Waals surface area contributed by atoms with E-state index >= 15 is 0 Å². The summed E-state index contributed by atoms with van der Waals surface area (Å²) in [5, 5.41) is 6.19. The molecule has 1 aromatic rings. The van der Waals surface area contributed by atoms with Crippen LogP contribution in [0.5, 0.6) is 11.5 Å². The number of nitrogens with zero attached hydrogens (tertiary/aromatic N) is 1. The maximum Gasteiger partial charge on any atom is 0.329 e. The van der Waals surface area contributed by atoms with Crippen molar-refractivity contribution < 1.29 is 19.1 Å². The van der Waals surface area contributed by atoms with Gasteiger partial charge in [0.2, 0.25) is 0 Å². The number of hydrogen-bond acceptors (Lipinski definition) is 5. The van der Waals surface area contributed by atoms with Crippen LogP contribution in [0.4, 0.5) is 0 Å². The second kappa shape index (κ2) is 8.57. The molecule has 7 nitrogen and oxygen atoms in total. The third kappa shape index (κ3) is 4.79. The number of methoxy groups -OCH3 is 2. The number of hydrogen-bond donors (Lipinski definition) is 2. The number of carbonyl (C=O) groups is 2. The highest BCUT2D eigenvalue weighted by atomic mass is 16.5. The first-order valence-corrected chi connectivity index (χ1v) is 6.46. The van der Waals surface area contributed by atoms with Crippen LogP contribution >= 0.6 is 0 Å². The molecule has 0 aromatic heterocycles. The normalized spacial score (nSPS) is 10.2. The van der Waals surface area contributed by atoms with Crippen LogP contribution in [0.2, 0.25) is 0 Å². The molecule has 0 aliphatic rings. The summed E-state index contributed by atoms with van der Waals surface area (Å²) >= 11 is 0. The maximum absolute atomic E-state index is 11.4. The summed E-state index contributed by atoms with van der Waals surface area (Å²) in [5.74, 6) is -0.491. The average molecular weight is 293 g/mol. The molecule has 2 amide bonds. The van der Waals surface area contributed by atoms with Gasteiger partial charge in [-0.3, -0.25) is 9.59 Å². The van der Waals surface area contributed by atoms with E-state index in [9.17, 15) is 9.59 Å². The predicted octanol–water partition coefficient (Wildman–Crippen LogP) is 0.680. The molecule has 0 aliphatic carbocycles. The fourth-order valence-electron chi connectivity index (χ4n) is 1.54. The molecule has 114 valence electrons. The van der Waals surface area contributed by atoms with Crippen LogP contribution in [0.25, 0.3) is 0 Å². The standard InChI is InChI=1S/C14H19N3O4/c1-4-8-15-13(18)14(19)17-16-9-10-6-5-7-11(20-2)12(10)21-3/h5-7,9H,4,8H2,1-3H3,(H,15,18)(H,17,19). The van der Waals surface area contributed by atoms with Crippen molar-refractivity contribution in [1.82, 2.24) is 10.7 Å². The zero-order valence-electron chi connectivity index (χ0n) is 12.3. The summed E-state index contributed by atoms with van der Waals surface area (Å²) in [6.07, 6.45) is 2.13. The zero-order valence-corrected chi connectivity index (χ0v) is 12.3. The van der Waals surface area contributed by atoms with Gasteiger partial charge in [-0.2, -0.15) is 5.10 Å². The molecule has 1 aromatic carbocycles. The third-order valence-electron chi connectivity index (χ3n) is 2.54. The van der Waals surface area contributed by atoms with Crippen molar-refractivity contribution in [2.24, 2.45) is 5.10 Å². The van der Waals surface area contributed by atoms with E-state index in [1.54, 1.807) is 18.2 Å². The smallest absolute Gasteiger partial charge is 0.329 e. The van der Waals surface area contributed by atoms with Crippen molar-refractivity contribution in [1.29, 1.82) is 0 Å². The molecule has 0 atom stereocenters. The largest absolute Gasteiger partial charge is 0.493 e. The lowest BCUT2D eigenvalue weighted by Gasteiger charge is -2.09. The molecule has 0 unspecified atom stereocenters. The molecular formula is C14H19N3O4. The molecule has 0 fully saturated rings. The second-order valence-electron chi connectivity index (χ2n) is 4.04. The minimum atomic E-state index is -0.818. The van der Waals surface area contributed by atoms with Crippen molar-refractivity contribution in [3.8, 4) is 11.5 Å². The second-order valence-corrected chi connectivity index (χ2v) is 4.04. The van der Waals surface area contributed by atoms with Gasteiger partial charge in [0.05, 0.1) is 20.4 Å². The minimum Gasteiger partial charge on any atom is -0.493 e. The Labute approximate surface area is 123 Å². The van der Waals surface area contributed by atoms with Gasteiger partial charge in [-0.15, -0.1) is 0 Å². The van der Waals surface area contributed by atoms with Crippen molar-refractivity contribution in [2.45, 2.75) is 13.3 Å². The molecule has 0 radical (unpaired) electrons. The Morgan fingerprint density at radius 3 is 2.62 bits per heavy atom. The third-order valence-corrected chi connectivity index (χ3v) is 2.54. The highest BCUT2D eigenvalue weighted by molar-refractivity contribution is 6.35. The molecular weight excluding hydrogens is 274 g/mol. The van der Waals surface area contributed by atoms with E-state index in [0.29, 0.717) is 23.6 Å². The molecule has 0 bridgehead atoms. The minimum absolute atomic E-state index is 0.444. The van der Waals surface area contributed by atoms with E-state index < -0.39 is 11.8 Å². The van der Waals surface area contributed by atoms with Gasteiger partial charge in [-0.1, -0.05) is 13.0 Å². The molecule has 2 N–H and O–H groups in total. The van der Waals surface area contributed by atoms with E-state index in [1.165, 1.54) is 20.4 Å². The average Bonchev–Trinajstić information content (AvgIpc) is 2.51. The van der Waals surface area contributed by atoms with E-state index in [0.717, 1.165) is 6.42 Å².